The first-order valence-electron chi connectivity index (χ1n) is 4.22. The normalized spacial score (nSPS) is 22.6. The van der Waals surface area contributed by atoms with Crippen molar-refractivity contribution in [3.8, 4) is 0 Å². The van der Waals surface area contributed by atoms with Crippen LogP contribution >= 0.6 is 0 Å². The van der Waals surface area contributed by atoms with Gasteiger partial charge in [-0.1, -0.05) is 0 Å². The molecule has 0 radical (unpaired) electrons. The van der Waals surface area contributed by atoms with E-state index < -0.39 is 0 Å². The first kappa shape index (κ1) is 9.48. The van der Waals surface area contributed by atoms with E-state index in [9.17, 15) is 4.79 Å². The summed E-state index contributed by atoms with van der Waals surface area (Å²) in [5, 5.41) is 3.18. The van der Waals surface area contributed by atoms with Crippen LogP contribution in [0.2, 0.25) is 0 Å². The number of ether oxygens (including phenoxy) is 2. The van der Waals surface area contributed by atoms with Crippen molar-refractivity contribution in [2.45, 2.75) is 18.9 Å². The topological polar surface area (TPSA) is 47.6 Å². The fourth-order valence-electron chi connectivity index (χ4n) is 1.18. The lowest BCUT2D eigenvalue weighted by molar-refractivity contribution is -0.142. The van der Waals surface area contributed by atoms with Crippen molar-refractivity contribution < 1.29 is 14.3 Å². The van der Waals surface area contributed by atoms with Gasteiger partial charge in [0.25, 0.3) is 0 Å². The Hall–Kier alpha value is -0.610. The summed E-state index contributed by atoms with van der Waals surface area (Å²) in [6, 6.07) is 0. The molecule has 1 saturated heterocycles. The van der Waals surface area contributed by atoms with Crippen molar-refractivity contribution in [3.63, 3.8) is 0 Å². The highest BCUT2D eigenvalue weighted by Crippen LogP contribution is 2.03. The predicted octanol–water partition coefficient (Wildman–Crippen LogP) is -0.0720. The number of hydrogen-bond donors (Lipinski definition) is 1. The molecule has 1 aliphatic rings. The quantitative estimate of drug-likeness (QED) is 0.604. The van der Waals surface area contributed by atoms with Crippen LogP contribution in [-0.2, 0) is 14.3 Å². The molecule has 0 amide bonds. The molecular weight excluding hydrogens is 158 g/mol. The Morgan fingerprint density at radius 2 is 2.50 bits per heavy atom. The zero-order valence-corrected chi connectivity index (χ0v) is 7.34. The van der Waals surface area contributed by atoms with Crippen LogP contribution in [0.5, 0.6) is 0 Å². The predicted molar refractivity (Wildman–Crippen MR) is 43.9 cm³/mol. The third-order valence-electron chi connectivity index (χ3n) is 1.90. The lowest BCUT2D eigenvalue weighted by Gasteiger charge is -2.08. The lowest BCUT2D eigenvalue weighted by Crippen LogP contribution is -2.18. The second kappa shape index (κ2) is 5.11. The average Bonchev–Trinajstić information content (AvgIpc) is 2.57. The largest absolute Gasteiger partial charge is 0.469 e. The van der Waals surface area contributed by atoms with Gasteiger partial charge in [-0.15, -0.1) is 0 Å². The molecule has 0 aromatic carbocycles. The van der Waals surface area contributed by atoms with Gasteiger partial charge in [0.05, 0.1) is 26.2 Å². The smallest absolute Gasteiger partial charge is 0.307 e. The van der Waals surface area contributed by atoms with E-state index in [2.05, 4.69) is 10.1 Å². The van der Waals surface area contributed by atoms with Gasteiger partial charge in [-0.3, -0.25) is 4.79 Å². The first-order chi connectivity index (χ1) is 5.83. The summed E-state index contributed by atoms with van der Waals surface area (Å²) in [7, 11) is 1.39. The zero-order valence-electron chi connectivity index (χ0n) is 7.34. The molecule has 0 unspecified atom stereocenters. The molecule has 4 nitrogen and oxygen atoms in total. The molecule has 0 aromatic rings. The molecule has 0 aromatic heterocycles. The van der Waals surface area contributed by atoms with Crippen molar-refractivity contribution in [1.82, 2.24) is 5.32 Å². The zero-order chi connectivity index (χ0) is 8.81. The Bertz CT molecular complexity index is 143. The monoisotopic (exact) mass is 173 g/mol. The third-order valence-corrected chi connectivity index (χ3v) is 1.90. The summed E-state index contributed by atoms with van der Waals surface area (Å²) in [5.41, 5.74) is 0. The molecule has 1 aliphatic heterocycles. The number of nitrogens with one attached hydrogen (secondary N) is 1. The minimum atomic E-state index is -0.207. The summed E-state index contributed by atoms with van der Waals surface area (Å²) < 4.78 is 9.89. The molecule has 1 rings (SSSR count). The van der Waals surface area contributed by atoms with E-state index in [4.69, 9.17) is 4.74 Å². The van der Waals surface area contributed by atoms with Crippen LogP contribution in [0.15, 0.2) is 0 Å². The number of rotatable bonds is 4. The molecule has 1 atom stereocenters. The van der Waals surface area contributed by atoms with E-state index in [0.717, 1.165) is 19.5 Å². The maximum atomic E-state index is 10.7. The Kier molecular flexibility index (Phi) is 4.04. The summed E-state index contributed by atoms with van der Waals surface area (Å²) in [4.78, 5) is 10.7. The maximum absolute atomic E-state index is 10.7. The van der Waals surface area contributed by atoms with Gasteiger partial charge in [0.15, 0.2) is 0 Å². The fraction of sp³-hybridized carbons (Fsp3) is 0.875. The second-order valence-electron chi connectivity index (χ2n) is 2.81. The van der Waals surface area contributed by atoms with Gasteiger partial charge < -0.3 is 14.8 Å². The van der Waals surface area contributed by atoms with Crippen LogP contribution in [-0.4, -0.2) is 38.9 Å². The lowest BCUT2D eigenvalue weighted by atomic mass is 10.3. The van der Waals surface area contributed by atoms with Crippen molar-refractivity contribution in [1.29, 1.82) is 0 Å². The Balaban J connectivity index is 1.97. The third kappa shape index (κ3) is 3.19. The highest BCUT2D eigenvalue weighted by Gasteiger charge is 2.14. The van der Waals surface area contributed by atoms with Gasteiger partial charge in [-0.2, -0.15) is 0 Å². The van der Waals surface area contributed by atoms with Crippen LogP contribution in [0.4, 0.5) is 0 Å². The highest BCUT2D eigenvalue weighted by atomic mass is 16.5. The van der Waals surface area contributed by atoms with E-state index in [-0.39, 0.29) is 12.1 Å². The number of methoxy groups -OCH3 is 1. The van der Waals surface area contributed by atoms with Gasteiger partial charge >= 0.3 is 5.97 Å². The molecule has 0 saturated carbocycles. The summed E-state index contributed by atoms with van der Waals surface area (Å²) >= 11 is 0. The fourth-order valence-corrected chi connectivity index (χ4v) is 1.18. The standard InChI is InChI=1S/C8H15NO3/c1-11-8(10)3-5-12-7-2-4-9-6-7/h7,9H,2-6H2,1H3/t7-/m0/s1. The molecule has 70 valence electrons. The average molecular weight is 173 g/mol. The SMILES string of the molecule is COC(=O)CCO[C@H]1CCNC1. The van der Waals surface area contributed by atoms with E-state index in [0.29, 0.717) is 13.0 Å². The molecule has 12 heavy (non-hydrogen) atoms. The molecule has 1 heterocycles. The van der Waals surface area contributed by atoms with Gasteiger partial charge in [-0.25, -0.2) is 0 Å². The highest BCUT2D eigenvalue weighted by molar-refractivity contribution is 5.69. The molecule has 1 fully saturated rings. The Labute approximate surface area is 72.2 Å². The molecule has 4 heteroatoms. The molecule has 0 bridgehead atoms. The van der Waals surface area contributed by atoms with Crippen molar-refractivity contribution >= 4 is 5.97 Å². The van der Waals surface area contributed by atoms with Crippen molar-refractivity contribution in [3.05, 3.63) is 0 Å². The van der Waals surface area contributed by atoms with Gasteiger partial charge in [0.1, 0.15) is 0 Å². The van der Waals surface area contributed by atoms with Crippen LogP contribution in [0.3, 0.4) is 0 Å². The first-order valence-corrected chi connectivity index (χ1v) is 4.22. The van der Waals surface area contributed by atoms with Crippen molar-refractivity contribution in [2.24, 2.45) is 0 Å². The molecule has 0 aliphatic carbocycles. The van der Waals surface area contributed by atoms with E-state index in [1.165, 1.54) is 7.11 Å². The van der Waals surface area contributed by atoms with E-state index in [1.807, 2.05) is 0 Å². The van der Waals surface area contributed by atoms with Gasteiger partial charge in [-0.05, 0) is 13.0 Å². The van der Waals surface area contributed by atoms with Crippen molar-refractivity contribution in [2.75, 3.05) is 26.8 Å². The Morgan fingerprint density at radius 1 is 1.67 bits per heavy atom. The molecular formula is C8H15NO3. The van der Waals surface area contributed by atoms with E-state index in [1.54, 1.807) is 0 Å². The number of hydrogen-bond acceptors (Lipinski definition) is 4. The maximum Gasteiger partial charge on any atom is 0.307 e. The second-order valence-corrected chi connectivity index (χ2v) is 2.81. The van der Waals surface area contributed by atoms with Crippen LogP contribution in [0, 0.1) is 0 Å². The van der Waals surface area contributed by atoms with Crippen LogP contribution in [0.1, 0.15) is 12.8 Å². The number of carbonyl (C=O) groups is 1. The molecule has 0 spiro atoms. The van der Waals surface area contributed by atoms with E-state index >= 15 is 0 Å². The minimum Gasteiger partial charge on any atom is -0.469 e. The van der Waals surface area contributed by atoms with Gasteiger partial charge in [0.2, 0.25) is 0 Å². The van der Waals surface area contributed by atoms with Gasteiger partial charge in [0, 0.05) is 6.54 Å². The summed E-state index contributed by atoms with van der Waals surface area (Å²) in [5.74, 6) is -0.207. The number of esters is 1. The minimum absolute atomic E-state index is 0.207. The Morgan fingerprint density at radius 3 is 3.08 bits per heavy atom. The van der Waals surface area contributed by atoms with Crippen LogP contribution in [0.25, 0.3) is 0 Å². The van der Waals surface area contributed by atoms with Crippen LogP contribution < -0.4 is 5.32 Å². The number of carbonyl (C=O) groups excluding carboxylic acids is 1. The summed E-state index contributed by atoms with van der Waals surface area (Å²) in [6.07, 6.45) is 1.68. The summed E-state index contributed by atoms with van der Waals surface area (Å²) in [6.45, 7) is 2.39. The molecule has 1 N–H and O–H groups in total.